The van der Waals surface area contributed by atoms with Gasteiger partial charge in [0.15, 0.2) is 0 Å². The molecule has 4 nitrogen and oxygen atoms in total. The lowest BCUT2D eigenvalue weighted by Crippen LogP contribution is -2.39. The number of urea groups is 1. The number of pyridine rings is 1. The van der Waals surface area contributed by atoms with E-state index >= 15 is 0 Å². The summed E-state index contributed by atoms with van der Waals surface area (Å²) in [5.74, 6) is 0. The summed E-state index contributed by atoms with van der Waals surface area (Å²) in [6.45, 7) is 4.31. The Labute approximate surface area is 131 Å². The zero-order valence-electron chi connectivity index (χ0n) is 12.8. The first-order valence-electron chi connectivity index (χ1n) is 7.65. The molecule has 1 aliphatic rings. The lowest BCUT2D eigenvalue weighted by atomic mass is 9.82. The van der Waals surface area contributed by atoms with Crippen LogP contribution in [-0.4, -0.2) is 29.0 Å². The molecular formula is C18H21N3O. The maximum Gasteiger partial charge on any atom is 0.317 e. The van der Waals surface area contributed by atoms with Crippen molar-refractivity contribution in [3.8, 4) is 0 Å². The monoisotopic (exact) mass is 295 g/mol. The van der Waals surface area contributed by atoms with Crippen LogP contribution in [0.25, 0.3) is 0 Å². The van der Waals surface area contributed by atoms with Crippen molar-refractivity contribution in [1.29, 1.82) is 0 Å². The average Bonchev–Trinajstić information content (AvgIpc) is 2.98. The lowest BCUT2D eigenvalue weighted by Gasteiger charge is -2.25. The Morgan fingerprint density at radius 3 is 2.82 bits per heavy atom. The normalized spacial score (nSPS) is 20.9. The van der Waals surface area contributed by atoms with E-state index in [-0.39, 0.29) is 11.4 Å². The molecule has 4 heteroatoms. The van der Waals surface area contributed by atoms with Crippen LogP contribution in [0.2, 0.25) is 0 Å². The molecule has 3 rings (SSSR count). The van der Waals surface area contributed by atoms with Crippen LogP contribution >= 0.6 is 0 Å². The fourth-order valence-corrected chi connectivity index (χ4v) is 3.00. The van der Waals surface area contributed by atoms with E-state index in [2.05, 4.69) is 41.5 Å². The Bertz CT molecular complexity index is 629. The minimum Gasteiger partial charge on any atom is -0.334 e. The second-order valence-electron chi connectivity index (χ2n) is 6.12. The zero-order valence-corrected chi connectivity index (χ0v) is 12.8. The summed E-state index contributed by atoms with van der Waals surface area (Å²) in [7, 11) is 0. The molecule has 1 atom stereocenters. The third-order valence-electron chi connectivity index (χ3n) is 4.40. The van der Waals surface area contributed by atoms with Crippen LogP contribution < -0.4 is 5.32 Å². The first kappa shape index (κ1) is 14.6. The molecule has 1 aliphatic heterocycles. The van der Waals surface area contributed by atoms with E-state index in [1.54, 1.807) is 12.4 Å². The molecule has 22 heavy (non-hydrogen) atoms. The highest BCUT2D eigenvalue weighted by Crippen LogP contribution is 2.33. The standard InChI is InChI=1S/C18H21N3O/c1-18(16-7-3-2-4-8-16)9-11-21(14-18)17(22)20-13-15-6-5-10-19-12-15/h2-8,10,12H,9,11,13-14H2,1H3,(H,20,22). The summed E-state index contributed by atoms with van der Waals surface area (Å²) in [6, 6.07) is 14.3. The summed E-state index contributed by atoms with van der Waals surface area (Å²) in [4.78, 5) is 18.3. The van der Waals surface area contributed by atoms with Gasteiger partial charge < -0.3 is 10.2 Å². The van der Waals surface area contributed by atoms with Crippen molar-refractivity contribution >= 4 is 6.03 Å². The van der Waals surface area contributed by atoms with Gasteiger partial charge in [-0.2, -0.15) is 0 Å². The maximum atomic E-state index is 12.3. The van der Waals surface area contributed by atoms with E-state index in [0.717, 1.165) is 25.1 Å². The second-order valence-corrected chi connectivity index (χ2v) is 6.12. The number of hydrogen-bond donors (Lipinski definition) is 1. The van der Waals surface area contributed by atoms with E-state index in [0.29, 0.717) is 6.54 Å². The Balaban J connectivity index is 1.59. The molecule has 2 heterocycles. The van der Waals surface area contributed by atoms with Crippen molar-refractivity contribution in [2.75, 3.05) is 13.1 Å². The summed E-state index contributed by atoms with van der Waals surface area (Å²) < 4.78 is 0. The Hall–Kier alpha value is -2.36. The number of carbonyl (C=O) groups is 1. The third-order valence-corrected chi connectivity index (χ3v) is 4.40. The summed E-state index contributed by atoms with van der Waals surface area (Å²) in [5, 5.41) is 2.98. The number of carbonyl (C=O) groups excluding carboxylic acids is 1. The molecular weight excluding hydrogens is 274 g/mol. The molecule has 1 aromatic carbocycles. The molecule has 2 amide bonds. The minimum atomic E-state index is 0.00325. The van der Waals surface area contributed by atoms with E-state index in [1.165, 1.54) is 5.56 Å². The van der Waals surface area contributed by atoms with Crippen molar-refractivity contribution < 1.29 is 4.79 Å². The number of rotatable bonds is 3. The van der Waals surface area contributed by atoms with Gasteiger partial charge in [-0.05, 0) is 23.6 Å². The Morgan fingerprint density at radius 2 is 2.09 bits per heavy atom. The van der Waals surface area contributed by atoms with E-state index < -0.39 is 0 Å². The van der Waals surface area contributed by atoms with Crippen LogP contribution in [0.15, 0.2) is 54.9 Å². The molecule has 114 valence electrons. The van der Waals surface area contributed by atoms with Crippen molar-refractivity contribution in [3.05, 3.63) is 66.0 Å². The number of amides is 2. The molecule has 1 N–H and O–H groups in total. The Morgan fingerprint density at radius 1 is 1.27 bits per heavy atom. The molecule has 0 radical (unpaired) electrons. The molecule has 0 bridgehead atoms. The largest absolute Gasteiger partial charge is 0.334 e. The van der Waals surface area contributed by atoms with Crippen molar-refractivity contribution in [3.63, 3.8) is 0 Å². The van der Waals surface area contributed by atoms with Gasteiger partial charge >= 0.3 is 6.03 Å². The minimum absolute atomic E-state index is 0.00325. The number of hydrogen-bond acceptors (Lipinski definition) is 2. The first-order valence-corrected chi connectivity index (χ1v) is 7.65. The highest BCUT2D eigenvalue weighted by atomic mass is 16.2. The molecule has 1 fully saturated rings. The van der Waals surface area contributed by atoms with Crippen LogP contribution in [0.4, 0.5) is 4.79 Å². The van der Waals surface area contributed by atoms with Gasteiger partial charge in [-0.15, -0.1) is 0 Å². The van der Waals surface area contributed by atoms with Crippen LogP contribution in [0.1, 0.15) is 24.5 Å². The smallest absolute Gasteiger partial charge is 0.317 e. The molecule has 1 aromatic heterocycles. The van der Waals surface area contributed by atoms with Crippen LogP contribution in [-0.2, 0) is 12.0 Å². The van der Waals surface area contributed by atoms with Gasteiger partial charge in [0, 0.05) is 37.4 Å². The van der Waals surface area contributed by atoms with Gasteiger partial charge in [0.2, 0.25) is 0 Å². The first-order chi connectivity index (χ1) is 10.7. The molecule has 0 aliphatic carbocycles. The summed E-state index contributed by atoms with van der Waals surface area (Å²) in [6.07, 6.45) is 4.51. The predicted octanol–water partition coefficient (Wildman–Crippen LogP) is 2.95. The van der Waals surface area contributed by atoms with E-state index in [1.807, 2.05) is 23.1 Å². The van der Waals surface area contributed by atoms with Crippen molar-refractivity contribution in [2.24, 2.45) is 0 Å². The SMILES string of the molecule is CC1(c2ccccc2)CCN(C(=O)NCc2cccnc2)C1. The third kappa shape index (κ3) is 3.11. The van der Waals surface area contributed by atoms with Gasteiger partial charge in [-0.1, -0.05) is 43.3 Å². The fourth-order valence-electron chi connectivity index (χ4n) is 3.00. The molecule has 0 spiro atoms. The van der Waals surface area contributed by atoms with Gasteiger partial charge in [0.05, 0.1) is 0 Å². The van der Waals surface area contributed by atoms with Crippen LogP contribution in [0.5, 0.6) is 0 Å². The van der Waals surface area contributed by atoms with Crippen LogP contribution in [0, 0.1) is 0 Å². The average molecular weight is 295 g/mol. The molecule has 2 aromatic rings. The van der Waals surface area contributed by atoms with Gasteiger partial charge in [-0.25, -0.2) is 4.79 Å². The molecule has 1 unspecified atom stereocenters. The van der Waals surface area contributed by atoms with Crippen molar-refractivity contribution in [1.82, 2.24) is 15.2 Å². The predicted molar refractivity (Wildman–Crippen MR) is 86.5 cm³/mol. The number of nitrogens with one attached hydrogen (secondary N) is 1. The van der Waals surface area contributed by atoms with Gasteiger partial charge in [0.25, 0.3) is 0 Å². The fraction of sp³-hybridized carbons (Fsp3) is 0.333. The van der Waals surface area contributed by atoms with Gasteiger partial charge in [-0.3, -0.25) is 4.98 Å². The highest BCUT2D eigenvalue weighted by Gasteiger charge is 2.37. The van der Waals surface area contributed by atoms with Crippen LogP contribution in [0.3, 0.4) is 0 Å². The number of likely N-dealkylation sites (tertiary alicyclic amines) is 1. The summed E-state index contributed by atoms with van der Waals surface area (Å²) >= 11 is 0. The molecule has 1 saturated heterocycles. The molecule has 0 saturated carbocycles. The van der Waals surface area contributed by atoms with Gasteiger partial charge in [0.1, 0.15) is 0 Å². The maximum absolute atomic E-state index is 12.3. The number of nitrogens with zero attached hydrogens (tertiary/aromatic N) is 2. The zero-order chi connectivity index (χ0) is 15.4. The summed E-state index contributed by atoms with van der Waals surface area (Å²) in [5.41, 5.74) is 2.37. The second kappa shape index (κ2) is 6.18. The quantitative estimate of drug-likeness (QED) is 0.946. The van der Waals surface area contributed by atoms with E-state index in [4.69, 9.17) is 0 Å². The topological polar surface area (TPSA) is 45.2 Å². The number of aromatic nitrogens is 1. The number of benzene rings is 1. The highest BCUT2D eigenvalue weighted by molar-refractivity contribution is 5.74. The Kier molecular flexibility index (Phi) is 4.09. The van der Waals surface area contributed by atoms with E-state index in [9.17, 15) is 4.79 Å². The van der Waals surface area contributed by atoms with Crippen molar-refractivity contribution in [2.45, 2.75) is 25.3 Å². The lowest BCUT2D eigenvalue weighted by molar-refractivity contribution is 0.205.